The minimum Gasteiger partial charge on any atom is -0.497 e. The number of methoxy groups -OCH3 is 2. The molecule has 0 aromatic heterocycles. The van der Waals surface area contributed by atoms with E-state index in [1.54, 1.807) is 56.4 Å². The summed E-state index contributed by atoms with van der Waals surface area (Å²) < 4.78 is 16.2. The highest BCUT2D eigenvalue weighted by Crippen LogP contribution is 2.29. The molecular formula is C28H40N2O6. The number of carbonyl (C=O) groups excluding carboxylic acids is 1. The Balaban J connectivity index is 2.06. The van der Waals surface area contributed by atoms with Crippen molar-refractivity contribution in [1.29, 1.82) is 0 Å². The number of carboxylic acids is 1. The van der Waals surface area contributed by atoms with Crippen molar-refractivity contribution in [2.24, 2.45) is 5.92 Å². The van der Waals surface area contributed by atoms with Gasteiger partial charge in [0.1, 0.15) is 23.9 Å². The first kappa shape index (κ1) is 28.8. The van der Waals surface area contributed by atoms with Gasteiger partial charge in [0.25, 0.3) is 0 Å². The lowest BCUT2D eigenvalue weighted by molar-refractivity contribution is -0.142. The van der Waals surface area contributed by atoms with Crippen LogP contribution in [0.25, 0.3) is 0 Å². The van der Waals surface area contributed by atoms with Crippen LogP contribution in [0.4, 0.5) is 10.5 Å². The van der Waals surface area contributed by atoms with E-state index in [-0.39, 0.29) is 12.6 Å². The number of carboxylic acid groups (broad SMARTS) is 1. The van der Waals surface area contributed by atoms with E-state index < -0.39 is 11.9 Å². The molecule has 0 spiro atoms. The third-order valence-electron chi connectivity index (χ3n) is 5.94. The van der Waals surface area contributed by atoms with Gasteiger partial charge in [0.15, 0.2) is 0 Å². The molecule has 0 heterocycles. The molecule has 8 nitrogen and oxygen atoms in total. The van der Waals surface area contributed by atoms with Crippen LogP contribution in [0.5, 0.6) is 17.2 Å². The van der Waals surface area contributed by atoms with E-state index in [4.69, 9.17) is 19.3 Å². The van der Waals surface area contributed by atoms with Crippen molar-refractivity contribution in [3.05, 3.63) is 48.0 Å². The van der Waals surface area contributed by atoms with Crippen LogP contribution in [-0.2, 0) is 11.3 Å². The normalized spacial score (nSPS) is 11.4. The molecule has 0 aliphatic heterocycles. The number of ether oxygens (including phenoxy) is 3. The fraction of sp³-hybridized carbons (Fsp3) is 0.500. The van der Waals surface area contributed by atoms with Crippen molar-refractivity contribution >= 4 is 17.7 Å². The molecule has 2 amide bonds. The summed E-state index contributed by atoms with van der Waals surface area (Å²) in [5.41, 5.74) is 1.53. The first-order chi connectivity index (χ1) is 17.4. The molecule has 2 rings (SSSR count). The summed E-state index contributed by atoms with van der Waals surface area (Å²) in [6.07, 6.45) is 6.81. The molecule has 1 atom stereocenters. The lowest BCUT2D eigenvalue weighted by Crippen LogP contribution is -2.35. The number of anilines is 1. The Morgan fingerprint density at radius 3 is 2.25 bits per heavy atom. The molecule has 2 N–H and O–H groups in total. The van der Waals surface area contributed by atoms with E-state index in [0.717, 1.165) is 24.8 Å². The van der Waals surface area contributed by atoms with Crippen LogP contribution in [0.3, 0.4) is 0 Å². The fourth-order valence-corrected chi connectivity index (χ4v) is 3.64. The Kier molecular flexibility index (Phi) is 12.4. The molecule has 198 valence electrons. The zero-order valence-electron chi connectivity index (χ0n) is 21.9. The van der Waals surface area contributed by atoms with Crippen LogP contribution < -0.4 is 19.5 Å². The number of nitrogens with zero attached hydrogens (tertiary/aromatic N) is 1. The summed E-state index contributed by atoms with van der Waals surface area (Å²) >= 11 is 0. The summed E-state index contributed by atoms with van der Waals surface area (Å²) in [7, 11) is 3.14. The highest BCUT2D eigenvalue weighted by atomic mass is 16.5. The molecule has 2 aromatic rings. The minimum atomic E-state index is -0.892. The molecule has 36 heavy (non-hydrogen) atoms. The molecule has 0 bridgehead atoms. The van der Waals surface area contributed by atoms with Crippen LogP contribution in [0.15, 0.2) is 42.5 Å². The van der Waals surface area contributed by atoms with E-state index >= 15 is 0 Å². The van der Waals surface area contributed by atoms with Gasteiger partial charge in [-0.05, 0) is 43.2 Å². The zero-order valence-corrected chi connectivity index (χ0v) is 21.9. The third-order valence-corrected chi connectivity index (χ3v) is 5.94. The van der Waals surface area contributed by atoms with Crippen LogP contribution in [0, 0.1) is 5.92 Å². The van der Waals surface area contributed by atoms with Gasteiger partial charge in [-0.2, -0.15) is 0 Å². The van der Waals surface area contributed by atoms with Crippen LogP contribution >= 0.6 is 0 Å². The van der Waals surface area contributed by atoms with E-state index in [2.05, 4.69) is 12.2 Å². The zero-order chi connectivity index (χ0) is 26.3. The van der Waals surface area contributed by atoms with Crippen LogP contribution in [-0.4, -0.2) is 49.4 Å². The highest BCUT2D eigenvalue weighted by molar-refractivity contribution is 5.91. The van der Waals surface area contributed by atoms with Gasteiger partial charge in [-0.25, -0.2) is 4.79 Å². The average Bonchev–Trinajstić information content (AvgIpc) is 2.89. The van der Waals surface area contributed by atoms with Gasteiger partial charge in [0.05, 0.1) is 25.8 Å². The molecule has 0 aliphatic carbocycles. The second-order valence-electron chi connectivity index (χ2n) is 8.88. The Bertz CT molecular complexity index is 948. The maximum Gasteiger partial charge on any atom is 0.322 e. The Morgan fingerprint density at radius 2 is 1.61 bits per heavy atom. The summed E-state index contributed by atoms with van der Waals surface area (Å²) in [4.78, 5) is 26.0. The van der Waals surface area contributed by atoms with Gasteiger partial charge >= 0.3 is 12.0 Å². The number of nitrogens with one attached hydrogen (secondary N) is 1. The number of hydrogen-bond acceptors (Lipinski definition) is 5. The third kappa shape index (κ3) is 9.68. The summed E-state index contributed by atoms with van der Waals surface area (Å²) in [5.74, 6) is 0.294. The van der Waals surface area contributed by atoms with Crippen molar-refractivity contribution in [1.82, 2.24) is 4.90 Å². The van der Waals surface area contributed by atoms with E-state index in [9.17, 15) is 9.59 Å². The first-order valence-corrected chi connectivity index (χ1v) is 12.6. The van der Waals surface area contributed by atoms with Crippen molar-refractivity contribution < 1.29 is 28.9 Å². The van der Waals surface area contributed by atoms with E-state index in [0.29, 0.717) is 36.0 Å². The lowest BCUT2D eigenvalue weighted by Gasteiger charge is -2.24. The number of benzene rings is 2. The molecule has 0 saturated heterocycles. The Labute approximate surface area is 214 Å². The molecule has 8 heteroatoms. The number of hydrogen-bond donors (Lipinski definition) is 2. The maximum atomic E-state index is 13.3. The topological polar surface area (TPSA) is 97.3 Å². The predicted octanol–water partition coefficient (Wildman–Crippen LogP) is 6.20. The number of amides is 2. The highest BCUT2D eigenvalue weighted by Gasteiger charge is 2.17. The molecule has 0 saturated carbocycles. The van der Waals surface area contributed by atoms with E-state index in [1.807, 2.05) is 12.1 Å². The smallest absolute Gasteiger partial charge is 0.322 e. The monoisotopic (exact) mass is 500 g/mol. The first-order valence-electron chi connectivity index (χ1n) is 12.6. The van der Waals surface area contributed by atoms with Crippen molar-refractivity contribution in [2.45, 2.75) is 58.9 Å². The van der Waals surface area contributed by atoms with Gasteiger partial charge in [0.2, 0.25) is 0 Å². The van der Waals surface area contributed by atoms with E-state index in [1.165, 1.54) is 19.3 Å². The number of rotatable bonds is 16. The lowest BCUT2D eigenvalue weighted by atomic mass is 10.1. The van der Waals surface area contributed by atoms with Crippen molar-refractivity contribution in [3.8, 4) is 17.2 Å². The van der Waals surface area contributed by atoms with Gasteiger partial charge in [0, 0.05) is 19.2 Å². The minimum absolute atomic E-state index is 0.102. The molecule has 0 aliphatic rings. The average molecular weight is 501 g/mol. The Hall–Kier alpha value is -3.42. The van der Waals surface area contributed by atoms with Gasteiger partial charge in [-0.3, -0.25) is 4.79 Å². The SMILES string of the molecule is CCCCCCCCN(Cc1ccc(OCC(C)C(=O)O)cc1)C(=O)Nc1ccc(OC)cc1OC. The molecule has 2 aromatic carbocycles. The standard InChI is InChI=1S/C28H40N2O6/c1-5-6-7-8-9-10-17-30(28(33)29-25-16-15-24(34-3)18-26(25)35-4)19-22-11-13-23(14-12-22)36-20-21(2)27(31)32/h11-16,18,21H,5-10,17,19-20H2,1-4H3,(H,29,33)(H,31,32). The molecule has 1 unspecified atom stereocenters. The van der Waals surface area contributed by atoms with Crippen molar-refractivity contribution in [2.75, 3.05) is 32.7 Å². The molecule has 0 fully saturated rings. The van der Waals surface area contributed by atoms with Gasteiger partial charge < -0.3 is 29.5 Å². The number of aliphatic carboxylic acids is 1. The molecular weight excluding hydrogens is 460 g/mol. The summed E-state index contributed by atoms with van der Waals surface area (Å²) in [6.45, 7) is 4.97. The maximum absolute atomic E-state index is 13.3. The summed E-state index contributed by atoms with van der Waals surface area (Å²) in [6, 6.07) is 12.5. The number of carbonyl (C=O) groups is 2. The van der Waals surface area contributed by atoms with Crippen molar-refractivity contribution in [3.63, 3.8) is 0 Å². The fourth-order valence-electron chi connectivity index (χ4n) is 3.64. The number of unbranched alkanes of at least 4 members (excludes halogenated alkanes) is 5. The van der Waals surface area contributed by atoms with Gasteiger partial charge in [-0.1, -0.05) is 51.2 Å². The van der Waals surface area contributed by atoms with Crippen LogP contribution in [0.1, 0.15) is 57.9 Å². The quantitative estimate of drug-likeness (QED) is 0.266. The van der Waals surface area contributed by atoms with Gasteiger partial charge in [-0.15, -0.1) is 0 Å². The second-order valence-corrected chi connectivity index (χ2v) is 8.88. The predicted molar refractivity (Wildman–Crippen MR) is 141 cm³/mol. The second kappa shape index (κ2) is 15.5. The Morgan fingerprint density at radius 1 is 0.944 bits per heavy atom. The summed E-state index contributed by atoms with van der Waals surface area (Å²) in [5, 5.41) is 12.0. The molecule has 0 radical (unpaired) electrons. The number of urea groups is 1. The van der Waals surface area contributed by atoms with Crippen LogP contribution in [0.2, 0.25) is 0 Å². The largest absolute Gasteiger partial charge is 0.497 e.